The third kappa shape index (κ3) is 8.56. The number of aromatic carboxylic acids is 1. The Bertz CT molecular complexity index is 1920. The first kappa shape index (κ1) is 35.9. The average molecular weight is 643 g/mol. The molecule has 0 saturated heterocycles. The van der Waals surface area contributed by atoms with E-state index in [1.54, 1.807) is 31.2 Å². The Morgan fingerprint density at radius 2 is 1.33 bits per heavy atom. The van der Waals surface area contributed by atoms with Crippen LogP contribution in [0, 0.1) is 0 Å². The van der Waals surface area contributed by atoms with E-state index >= 15 is 0 Å². The van der Waals surface area contributed by atoms with Crippen LogP contribution in [-0.2, 0) is 14.9 Å². The number of carbonyl (C=O) groups is 2. The fourth-order valence-electron chi connectivity index (χ4n) is 4.06. The number of nitrogens with zero attached hydrogens (tertiary/aromatic N) is 6. The molecule has 1 aliphatic rings. The molecule has 1 N–H and O–H groups in total. The van der Waals surface area contributed by atoms with Crippen LogP contribution in [0.15, 0.2) is 121 Å². The molecule has 216 valence electrons. The minimum atomic E-state index is -4.61. The minimum absolute atomic E-state index is 0. The van der Waals surface area contributed by atoms with Gasteiger partial charge in [0.15, 0.2) is 6.04 Å². The van der Waals surface area contributed by atoms with E-state index in [1.165, 1.54) is 24.3 Å². The Labute approximate surface area is 301 Å². The van der Waals surface area contributed by atoms with Gasteiger partial charge in [0.2, 0.25) is 0 Å². The molecule has 4 aromatic carbocycles. The van der Waals surface area contributed by atoms with Crippen LogP contribution in [-0.4, -0.2) is 41.7 Å². The second-order valence-corrected chi connectivity index (χ2v) is 10.6. The number of azo groups is 2. The number of hydrogen-bond donors (Lipinski definition) is 1. The molecule has 0 radical (unpaired) electrons. The van der Waals surface area contributed by atoms with Crippen LogP contribution >= 0.6 is 0 Å². The van der Waals surface area contributed by atoms with Crippen molar-refractivity contribution >= 4 is 50.5 Å². The number of anilines is 1. The first-order chi connectivity index (χ1) is 20.5. The van der Waals surface area contributed by atoms with Gasteiger partial charge < -0.3 is 14.8 Å². The van der Waals surface area contributed by atoms with E-state index in [2.05, 4.69) is 25.6 Å². The van der Waals surface area contributed by atoms with E-state index < -0.39 is 38.7 Å². The van der Waals surface area contributed by atoms with Crippen molar-refractivity contribution in [3.8, 4) is 16.9 Å². The zero-order valence-corrected chi connectivity index (χ0v) is 29.0. The van der Waals surface area contributed by atoms with Crippen LogP contribution < -0.4 is 69.2 Å². The number of amides is 1. The fraction of sp³-hybridized carbons (Fsp3) is 0.0690. The molecule has 4 aromatic rings. The Morgan fingerprint density at radius 3 is 1.87 bits per heavy atom. The number of carboxylic acids is 1. The van der Waals surface area contributed by atoms with Crippen molar-refractivity contribution in [1.82, 2.24) is 0 Å². The summed E-state index contributed by atoms with van der Waals surface area (Å²) in [6.45, 7) is 1.62. The minimum Gasteiger partial charge on any atom is -0.872 e. The van der Waals surface area contributed by atoms with Crippen molar-refractivity contribution in [2.75, 3.05) is 5.01 Å². The molecule has 1 heterocycles. The monoisotopic (exact) mass is 642 g/mol. The summed E-state index contributed by atoms with van der Waals surface area (Å²) in [6.07, 6.45) is 0. The summed E-state index contributed by atoms with van der Waals surface area (Å²) in [5, 5.41) is 42.4. The summed E-state index contributed by atoms with van der Waals surface area (Å²) in [7, 11) is -4.61. The summed E-state index contributed by atoms with van der Waals surface area (Å²) >= 11 is 0. The van der Waals surface area contributed by atoms with E-state index in [4.69, 9.17) is 5.11 Å². The van der Waals surface area contributed by atoms with Crippen molar-refractivity contribution in [2.45, 2.75) is 17.9 Å². The molecule has 1 unspecified atom stereocenters. The van der Waals surface area contributed by atoms with Gasteiger partial charge in [0, 0.05) is 0 Å². The number of hydrogen-bond acceptors (Lipinski definition) is 11. The van der Waals surface area contributed by atoms with Gasteiger partial charge >= 0.3 is 65.1 Å². The number of carboxylic acid groups (broad SMARTS) is 1. The van der Waals surface area contributed by atoms with Gasteiger partial charge in [0.1, 0.15) is 10.1 Å². The predicted octanol–water partition coefficient (Wildman–Crippen LogP) is -0.672. The molecule has 0 aromatic heterocycles. The van der Waals surface area contributed by atoms with E-state index in [0.717, 1.165) is 34.3 Å². The molecular formula is C29H20N6Na2O7S. The molecule has 1 atom stereocenters. The molecule has 5 rings (SSSR count). The van der Waals surface area contributed by atoms with Gasteiger partial charge in [-0.25, -0.2) is 13.2 Å². The number of hydrazone groups is 1. The third-order valence-corrected chi connectivity index (χ3v) is 7.15. The third-order valence-electron chi connectivity index (χ3n) is 6.30. The maximum Gasteiger partial charge on any atom is 1.00 e. The van der Waals surface area contributed by atoms with E-state index in [-0.39, 0.29) is 76.1 Å². The molecule has 13 nitrogen and oxygen atoms in total. The van der Waals surface area contributed by atoms with E-state index in [9.17, 15) is 27.7 Å². The van der Waals surface area contributed by atoms with Gasteiger partial charge in [0.25, 0.3) is 5.91 Å². The molecule has 0 fully saturated rings. The van der Waals surface area contributed by atoms with Crippen LogP contribution in [0.4, 0.5) is 22.7 Å². The number of benzene rings is 4. The molecule has 0 spiro atoms. The summed E-state index contributed by atoms with van der Waals surface area (Å²) in [4.78, 5) is 23.6. The smallest absolute Gasteiger partial charge is 0.872 e. The maximum absolute atomic E-state index is 12.9. The van der Waals surface area contributed by atoms with E-state index in [0.29, 0.717) is 17.1 Å². The normalized spacial score (nSPS) is 14.7. The summed E-state index contributed by atoms with van der Waals surface area (Å²) in [5.74, 6) is -2.41. The molecule has 16 heteroatoms. The fourth-order valence-corrected chi connectivity index (χ4v) is 4.53. The second-order valence-electron chi connectivity index (χ2n) is 9.24. The SMILES string of the molecule is CC1=NN(c2ccc(S(=O)(=O)[O-])cc2)C(=O)C1N=Nc1ccc(-c2ccc(N=Nc3ccc([O-])c(C(=O)O)c3)cc2)cc1.[Na+].[Na+]. The molecule has 0 saturated carbocycles. The Balaban J connectivity index is 0.00000276. The Kier molecular flexibility index (Phi) is 12.1. The van der Waals surface area contributed by atoms with Gasteiger partial charge in [-0.3, -0.25) is 4.79 Å². The summed E-state index contributed by atoms with van der Waals surface area (Å²) in [5.41, 5.74) is 3.34. The van der Waals surface area contributed by atoms with Gasteiger partial charge in [0.05, 0.1) is 38.9 Å². The van der Waals surface area contributed by atoms with Gasteiger partial charge in [-0.05, 0) is 78.7 Å². The Morgan fingerprint density at radius 1 is 0.822 bits per heavy atom. The zero-order valence-electron chi connectivity index (χ0n) is 24.2. The van der Waals surface area contributed by atoms with Crippen molar-refractivity contribution in [1.29, 1.82) is 0 Å². The van der Waals surface area contributed by atoms with Crippen molar-refractivity contribution in [3.05, 3.63) is 96.6 Å². The quantitative estimate of drug-likeness (QED) is 0.149. The van der Waals surface area contributed by atoms with Crippen LogP contribution in [0.2, 0.25) is 0 Å². The van der Waals surface area contributed by atoms with E-state index in [1.807, 2.05) is 24.3 Å². The zero-order chi connectivity index (χ0) is 30.7. The predicted molar refractivity (Wildman–Crippen MR) is 152 cm³/mol. The first-order valence-corrected chi connectivity index (χ1v) is 13.9. The van der Waals surface area contributed by atoms with Crippen LogP contribution in [0.3, 0.4) is 0 Å². The molecule has 0 bridgehead atoms. The average Bonchev–Trinajstić information content (AvgIpc) is 3.28. The topological polar surface area (TPSA) is 200 Å². The first-order valence-electron chi connectivity index (χ1n) is 12.5. The molecular weight excluding hydrogens is 622 g/mol. The van der Waals surface area contributed by atoms with Crippen molar-refractivity contribution in [3.63, 3.8) is 0 Å². The molecule has 1 amide bonds. The number of carbonyl (C=O) groups excluding carboxylic acids is 1. The molecule has 45 heavy (non-hydrogen) atoms. The van der Waals surface area contributed by atoms with Gasteiger partial charge in [-0.2, -0.15) is 30.6 Å². The van der Waals surface area contributed by atoms with Crippen molar-refractivity contribution < 1.29 is 91.9 Å². The van der Waals surface area contributed by atoms with Crippen LogP contribution in [0.1, 0.15) is 17.3 Å². The van der Waals surface area contributed by atoms with Crippen molar-refractivity contribution in [2.24, 2.45) is 25.6 Å². The van der Waals surface area contributed by atoms with Gasteiger partial charge in [-0.15, -0.1) is 0 Å². The molecule has 1 aliphatic heterocycles. The summed E-state index contributed by atoms with van der Waals surface area (Å²) < 4.78 is 33.5. The second kappa shape index (κ2) is 15.1. The summed E-state index contributed by atoms with van der Waals surface area (Å²) in [6, 6.07) is 21.9. The van der Waals surface area contributed by atoms with Crippen LogP contribution in [0.25, 0.3) is 11.1 Å². The molecule has 0 aliphatic carbocycles. The van der Waals surface area contributed by atoms with Gasteiger partial charge in [-0.1, -0.05) is 36.1 Å². The number of rotatable bonds is 8. The standard InChI is InChI=1S/C29H22N6O7S.2Na/c1-17-27(28(37)35(34-17)23-11-13-24(14-12-23)43(40,41)42)33-31-21-8-4-19(5-9-21)18-2-6-20(7-3-18)30-32-22-10-15-26(36)25(16-22)29(38)39;;/h2-16,27,36H,1H3,(H,38,39)(H,40,41,42);;/q;2*+1/p-2. The van der Waals surface area contributed by atoms with Crippen LogP contribution in [0.5, 0.6) is 5.75 Å². The largest absolute Gasteiger partial charge is 1.00 e. The maximum atomic E-state index is 12.9. The Hall–Kier alpha value is -3.60.